The molecular weight excluding hydrogens is 1350 g/mol. The zero-order valence-electron chi connectivity index (χ0n) is 53.0. The zero-order chi connectivity index (χ0) is 63.6. The summed E-state index contributed by atoms with van der Waals surface area (Å²) in [6.07, 6.45) is 5.88. The number of pyridine rings is 1. The molecule has 0 saturated heterocycles. The number of para-hydroxylation sites is 5. The molecule has 96 heavy (non-hydrogen) atoms. The summed E-state index contributed by atoms with van der Waals surface area (Å²) in [5.74, 6) is 3.63. The van der Waals surface area contributed by atoms with Gasteiger partial charge in [-0.3, -0.25) is 4.57 Å². The van der Waals surface area contributed by atoms with Crippen LogP contribution in [-0.2, 0) is 26.5 Å². The summed E-state index contributed by atoms with van der Waals surface area (Å²) in [7, 11) is 0. The zero-order valence-corrected chi connectivity index (χ0v) is 55.3. The first-order valence-electron chi connectivity index (χ1n) is 32.4. The summed E-state index contributed by atoms with van der Waals surface area (Å²) in [5.41, 5.74) is 23.4. The second kappa shape index (κ2) is 24.8. The fourth-order valence-electron chi connectivity index (χ4n) is 13.8. The Morgan fingerprint density at radius 2 is 0.938 bits per heavy atom. The maximum absolute atomic E-state index is 6.97. The minimum atomic E-state index is -0.109. The Morgan fingerprint density at radius 1 is 0.427 bits per heavy atom. The first kappa shape index (κ1) is 59.6. The molecule has 0 unspecified atom stereocenters. The van der Waals surface area contributed by atoms with Crippen molar-refractivity contribution in [3.63, 3.8) is 0 Å². The van der Waals surface area contributed by atoms with Gasteiger partial charge in [0.2, 0.25) is 0 Å². The predicted molar refractivity (Wildman–Crippen MR) is 389 cm³/mol. The maximum atomic E-state index is 6.97. The molecule has 17 rings (SSSR count). The standard InChI is InChI=1S/C88H61BN4O2.Pt/c1-88(2,3)69-46-47-90-86(54-69)93-80-45-42-70(89-78-36-16-20-40-84(78)95-85-41-21-17-37-79(85)89)55-77(80)76-44-43-73(57-83(76)93)94-72-33-22-32-71(56-72)91-58-92(82-39-19-18-38-81(82)91)87-74(67-50-63(59-24-8-4-9-25-59)48-64(51-67)60-26-10-5-11-27-60)34-23-35-75(87)68-52-65(61-28-12-6-13-29-61)49-66(53-68)62-30-14-7-15-31-62;/h4-55H,1-3H3;/q-2;. The van der Waals surface area contributed by atoms with E-state index in [4.69, 9.17) is 14.5 Å². The molecule has 6 nitrogen and oxygen atoms in total. The average Bonchev–Trinajstić information content (AvgIpc) is 1.49. The van der Waals surface area contributed by atoms with Gasteiger partial charge in [-0.05, 0) is 166 Å². The molecule has 0 fully saturated rings. The van der Waals surface area contributed by atoms with Gasteiger partial charge in [0.1, 0.15) is 17.3 Å². The number of hydrogen-bond acceptors (Lipinski definition) is 3. The van der Waals surface area contributed by atoms with Gasteiger partial charge in [-0.25, -0.2) is 4.98 Å². The Morgan fingerprint density at radius 3 is 1.51 bits per heavy atom. The quantitative estimate of drug-likeness (QED) is 0.0696. The Labute approximate surface area is 574 Å². The SMILES string of the molecule is CC(C)(C)c1ccnc(-n2c3[c-]c(Oc4[c-]c(-n5[c-][n+](-c6c(-c7cc(-c8ccccc8)cc(-c8ccccc8)c7)cccc6-c6cc(-c7ccccc7)cc(-c7ccccc7)c6)c6ccccc65)ccc4)ccc3c3cc(B4c5ccccc5Oc5ccccc54)ccc32)c1.[Pt]. The average molecular weight is 1410 g/mol. The number of aromatic nitrogens is 4. The van der Waals surface area contributed by atoms with Crippen LogP contribution in [0, 0.1) is 18.5 Å². The van der Waals surface area contributed by atoms with Crippen molar-refractivity contribution >= 4 is 55.9 Å². The number of benzene rings is 13. The smallest absolute Gasteiger partial charge is 0.268 e. The van der Waals surface area contributed by atoms with Crippen molar-refractivity contribution in [2.45, 2.75) is 26.2 Å². The van der Waals surface area contributed by atoms with Crippen LogP contribution in [0.4, 0.5) is 0 Å². The number of hydrogen-bond donors (Lipinski definition) is 0. The molecule has 1 aliphatic rings. The van der Waals surface area contributed by atoms with Crippen molar-refractivity contribution in [1.82, 2.24) is 14.1 Å². The largest absolute Gasteiger partial charge is 0.510 e. The van der Waals surface area contributed by atoms with Crippen molar-refractivity contribution in [3.05, 3.63) is 340 Å². The fourth-order valence-corrected chi connectivity index (χ4v) is 13.8. The Hall–Kier alpha value is -11.4. The van der Waals surface area contributed by atoms with E-state index in [0.717, 1.165) is 139 Å². The Kier molecular flexibility index (Phi) is 15.4. The van der Waals surface area contributed by atoms with E-state index < -0.39 is 0 Å². The van der Waals surface area contributed by atoms with Crippen LogP contribution < -0.4 is 30.4 Å². The van der Waals surface area contributed by atoms with Crippen LogP contribution in [0.25, 0.3) is 117 Å². The fraction of sp³-hybridized carbons (Fsp3) is 0.0455. The molecule has 4 heterocycles. The van der Waals surface area contributed by atoms with Gasteiger partial charge in [0.15, 0.2) is 0 Å². The summed E-state index contributed by atoms with van der Waals surface area (Å²) in [4.78, 5) is 5.06. The van der Waals surface area contributed by atoms with Gasteiger partial charge in [0.05, 0.1) is 16.7 Å². The molecular formula is C88H61BN4O2Pt-2. The van der Waals surface area contributed by atoms with Gasteiger partial charge in [0, 0.05) is 44.3 Å². The summed E-state index contributed by atoms with van der Waals surface area (Å²) >= 11 is 0. The Balaban J connectivity index is 0.00000725. The van der Waals surface area contributed by atoms with E-state index in [1.165, 1.54) is 11.0 Å². The molecule has 0 saturated carbocycles. The number of imidazole rings is 1. The summed E-state index contributed by atoms with van der Waals surface area (Å²) in [6, 6.07) is 118. The van der Waals surface area contributed by atoms with Crippen LogP contribution in [0.2, 0.25) is 0 Å². The molecule has 0 spiro atoms. The van der Waals surface area contributed by atoms with Crippen LogP contribution in [0.15, 0.2) is 316 Å². The van der Waals surface area contributed by atoms with Gasteiger partial charge < -0.3 is 18.6 Å². The topological polar surface area (TPSA) is 45.1 Å². The third-order valence-electron chi connectivity index (χ3n) is 18.5. The second-order valence-electron chi connectivity index (χ2n) is 25.5. The summed E-state index contributed by atoms with van der Waals surface area (Å²) in [6.45, 7) is 6.68. The van der Waals surface area contributed by atoms with Crippen molar-refractivity contribution < 1.29 is 35.1 Å². The van der Waals surface area contributed by atoms with E-state index in [0.29, 0.717) is 11.5 Å². The van der Waals surface area contributed by atoms with Crippen molar-refractivity contribution in [2.75, 3.05) is 0 Å². The molecule has 16 aromatic rings. The summed E-state index contributed by atoms with van der Waals surface area (Å²) < 4.78 is 20.0. The number of rotatable bonds is 12. The molecule has 0 N–H and O–H groups in total. The molecule has 460 valence electrons. The van der Waals surface area contributed by atoms with Crippen LogP contribution in [-0.4, -0.2) is 20.8 Å². The first-order valence-corrected chi connectivity index (χ1v) is 32.4. The van der Waals surface area contributed by atoms with Crippen molar-refractivity contribution in [2.24, 2.45) is 0 Å². The monoisotopic (exact) mass is 1410 g/mol. The summed E-state index contributed by atoms with van der Waals surface area (Å²) in [5, 5.41) is 2.12. The normalized spacial score (nSPS) is 11.9. The van der Waals surface area contributed by atoms with E-state index in [2.05, 4.69) is 332 Å². The van der Waals surface area contributed by atoms with Crippen LogP contribution in [0.5, 0.6) is 23.0 Å². The third-order valence-corrected chi connectivity index (χ3v) is 18.5. The van der Waals surface area contributed by atoms with E-state index >= 15 is 0 Å². The van der Waals surface area contributed by atoms with Crippen molar-refractivity contribution in [3.8, 4) is 107 Å². The molecule has 1 aliphatic heterocycles. The van der Waals surface area contributed by atoms with Gasteiger partial charge >= 0.3 is 0 Å². The van der Waals surface area contributed by atoms with Gasteiger partial charge in [0.25, 0.3) is 13.0 Å². The van der Waals surface area contributed by atoms with E-state index in [-0.39, 0.29) is 33.2 Å². The maximum Gasteiger partial charge on any atom is 0.268 e. The minimum Gasteiger partial charge on any atom is -0.510 e. The van der Waals surface area contributed by atoms with Gasteiger partial charge in [-0.1, -0.05) is 244 Å². The molecule has 0 aliphatic carbocycles. The number of nitrogens with zero attached hydrogens (tertiary/aromatic N) is 4. The molecule has 0 atom stereocenters. The van der Waals surface area contributed by atoms with Gasteiger partial charge in [-0.15, -0.1) is 29.7 Å². The molecule has 3 aromatic heterocycles. The van der Waals surface area contributed by atoms with E-state index in [1.54, 1.807) is 0 Å². The number of ether oxygens (including phenoxy) is 2. The van der Waals surface area contributed by atoms with Crippen LogP contribution >= 0.6 is 0 Å². The number of fused-ring (bicyclic) bond motifs is 6. The van der Waals surface area contributed by atoms with Gasteiger partial charge in [-0.2, -0.15) is 18.2 Å². The van der Waals surface area contributed by atoms with E-state index in [1.807, 2.05) is 36.5 Å². The first-order chi connectivity index (χ1) is 46.7. The van der Waals surface area contributed by atoms with Crippen molar-refractivity contribution in [1.29, 1.82) is 0 Å². The van der Waals surface area contributed by atoms with Crippen LogP contribution in [0.1, 0.15) is 26.3 Å². The molecule has 0 amide bonds. The predicted octanol–water partition coefficient (Wildman–Crippen LogP) is 19.5. The second-order valence-corrected chi connectivity index (χ2v) is 25.5. The van der Waals surface area contributed by atoms with Crippen LogP contribution in [0.3, 0.4) is 0 Å². The van der Waals surface area contributed by atoms with E-state index in [9.17, 15) is 0 Å². The third kappa shape index (κ3) is 11.0. The molecule has 13 aromatic carbocycles. The molecule has 0 bridgehead atoms. The molecule has 0 radical (unpaired) electrons. The minimum absolute atomic E-state index is 0. The molecule has 8 heteroatoms. The Bertz CT molecular complexity index is 5300.